The number of hydrogen-bond acceptors (Lipinski definition) is 11. The summed E-state index contributed by atoms with van der Waals surface area (Å²) in [6, 6.07) is 38.1. The summed E-state index contributed by atoms with van der Waals surface area (Å²) in [4.78, 5) is 69.4. The molecule has 2 amide bonds. The second-order valence-electron chi connectivity index (χ2n) is 15.4. The summed E-state index contributed by atoms with van der Waals surface area (Å²) in [5.41, 5.74) is 3.68. The van der Waals surface area contributed by atoms with Gasteiger partial charge in [0.2, 0.25) is 11.8 Å². The Hall–Kier alpha value is -2.26. The molecule has 2 saturated heterocycles. The molecule has 0 aliphatic carbocycles. The van der Waals surface area contributed by atoms with E-state index in [-0.39, 0.29) is 182 Å². The third-order valence-corrected chi connectivity index (χ3v) is 11.8. The number of alkyl halides is 2. The average molecular weight is 1280 g/mol. The zero-order chi connectivity index (χ0) is 51.7. The van der Waals surface area contributed by atoms with Crippen molar-refractivity contribution in [2.75, 3.05) is 60.4 Å². The van der Waals surface area contributed by atoms with Gasteiger partial charge in [0.1, 0.15) is 12.1 Å². The molecule has 0 spiro atoms. The number of rotatable bonds is 12. The van der Waals surface area contributed by atoms with Crippen molar-refractivity contribution in [3.05, 3.63) is 144 Å². The van der Waals surface area contributed by atoms with E-state index in [4.69, 9.17) is 20.9 Å². The molecule has 1 N–H and O–H groups in total. The Morgan fingerprint density at radius 2 is 1.11 bits per heavy atom. The number of carbonyl (C=O) groups is 5. The van der Waals surface area contributed by atoms with Gasteiger partial charge in [-0.15, -0.1) is 11.8 Å². The molecule has 6 rings (SSSR count). The summed E-state index contributed by atoms with van der Waals surface area (Å²) in [7, 11) is 5.65. The minimum Gasteiger partial charge on any atom is -1.00 e. The first-order valence-electron chi connectivity index (χ1n) is 22.9. The summed E-state index contributed by atoms with van der Waals surface area (Å²) in [5.74, 6) is 9.74. The van der Waals surface area contributed by atoms with Crippen molar-refractivity contribution in [1.82, 2.24) is 20.0 Å². The molecule has 372 valence electrons. The molecule has 0 radical (unpaired) electrons. The largest absolute Gasteiger partial charge is 1.00 e. The number of piperidine rings is 2. The summed E-state index contributed by atoms with van der Waals surface area (Å²) in [6.45, 7) is 5.13. The second-order valence-corrected chi connectivity index (χ2v) is 16.0. The van der Waals surface area contributed by atoms with E-state index in [9.17, 15) is 23.6 Å². The number of likely N-dealkylation sites (tertiary alicyclic amines) is 2. The van der Waals surface area contributed by atoms with Crippen molar-refractivity contribution in [2.45, 2.75) is 75.5 Å². The van der Waals surface area contributed by atoms with Crippen LogP contribution in [0.3, 0.4) is 0 Å². The number of esters is 2. The molecule has 2 heterocycles. The first kappa shape index (κ1) is 66.8. The molecule has 4 atom stereocenters. The van der Waals surface area contributed by atoms with Crippen LogP contribution in [0.2, 0.25) is 0 Å². The van der Waals surface area contributed by atoms with Crippen LogP contribution in [-0.2, 0) is 38.3 Å². The molecule has 13 nitrogen and oxygen atoms in total. The number of methoxy groups -OCH3 is 2. The normalized spacial score (nSPS) is 16.5. The summed E-state index contributed by atoms with van der Waals surface area (Å²) in [6.07, 6.45) is 2.70. The number of benzene rings is 4. The van der Waals surface area contributed by atoms with Crippen molar-refractivity contribution >= 4 is 46.2 Å². The van der Waals surface area contributed by atoms with Gasteiger partial charge >= 0.3 is 150 Å². The van der Waals surface area contributed by atoms with Gasteiger partial charge in [0, 0.05) is 25.2 Å². The Morgan fingerprint density at radius 1 is 0.761 bits per heavy atom. The smallest absolute Gasteiger partial charge is 1.00 e. The molecule has 4 aromatic carbocycles. The van der Waals surface area contributed by atoms with Crippen molar-refractivity contribution in [1.29, 1.82) is 0 Å². The maximum Gasteiger partial charge on any atom is 1.00 e. The van der Waals surface area contributed by atoms with E-state index in [0.29, 0.717) is 32.5 Å². The molecule has 0 bridgehead atoms. The Labute approximate surface area is 549 Å². The molecule has 0 unspecified atom stereocenters. The molecule has 71 heavy (non-hydrogen) atoms. The van der Waals surface area contributed by atoms with Crippen LogP contribution in [0.25, 0.3) is 0 Å². The van der Waals surface area contributed by atoms with E-state index >= 15 is 0 Å². The second kappa shape index (κ2) is 41.0. The van der Waals surface area contributed by atoms with Crippen LogP contribution in [0, 0.1) is 23.7 Å². The van der Waals surface area contributed by atoms with Crippen LogP contribution < -0.4 is 148 Å². The van der Waals surface area contributed by atoms with Crippen molar-refractivity contribution in [2.24, 2.45) is 0 Å². The standard InChI is InChI=1S/C26H30N2O3.C22H26N2O3.C4H5Br.CH3F.CH2O3.2Cs.H/c1-4-5-17-27(2)22-16-18-28(23(19-22)26(30)31-3)25(29)24(20-12-8-6-9-13-20)21-14-10-7-11-15-21;1-23-18-13-14-24(19(15-18)22(26)27-2)21(25)20(16-9-5-3-6-10-16)17-11-7-4-8-12-17;1-2-3-4-5;1-2;2-1-4-3;;;/h6-15,22-24H,16-19H2,1-3H3;3-12,18-20,23H,13-15H2,1-2H3;4H2,1H3;1H3;1,3H;;;/q;;;;;2*+1;-1/p-1/t22-,23-;18-,19-;;;;;;/m00....../s1/i;;;1D;;;;. The van der Waals surface area contributed by atoms with Crippen LogP contribution in [0.15, 0.2) is 121 Å². The van der Waals surface area contributed by atoms with Gasteiger partial charge in [0.05, 0.1) is 46.5 Å². The van der Waals surface area contributed by atoms with E-state index in [0.717, 1.165) is 40.4 Å². The Kier molecular flexibility index (Phi) is 38.6. The van der Waals surface area contributed by atoms with Gasteiger partial charge in [0.25, 0.3) is 6.47 Å². The topological polar surface area (TPSA) is 158 Å². The van der Waals surface area contributed by atoms with Crippen molar-refractivity contribution < 1.29 is 189 Å². The molecule has 2 aliphatic heterocycles. The van der Waals surface area contributed by atoms with E-state index < -0.39 is 31.1 Å². The van der Waals surface area contributed by atoms with E-state index in [2.05, 4.69) is 54.7 Å². The monoisotopic (exact) mass is 1280 g/mol. The van der Waals surface area contributed by atoms with E-state index in [1.165, 1.54) is 14.2 Å². The van der Waals surface area contributed by atoms with Crippen LogP contribution in [0.1, 0.15) is 76.4 Å². The van der Waals surface area contributed by atoms with Crippen LogP contribution in [-0.4, -0.2) is 130 Å². The molecule has 0 aromatic heterocycles. The van der Waals surface area contributed by atoms with Crippen LogP contribution in [0.5, 0.6) is 0 Å². The SMILES string of the molecule is CC#CCBr.CC#CCN(C)[C@H]1CCN(C(=O)C(c2ccccc2)c2ccccc2)[C@H](C(=O)OC)C1.CN[C@H]1CCN(C(=O)C(c2ccccc2)c2ccccc2)[C@H](C(=O)OC)C1.O=CO[O-].[2H]CF.[Cs+].[Cs+].[H-]. The maximum atomic E-state index is 13.9. The third kappa shape index (κ3) is 23.0. The number of halogens is 2. The van der Waals surface area contributed by atoms with Gasteiger partial charge in [-0.3, -0.25) is 23.7 Å². The Morgan fingerprint density at radius 3 is 1.41 bits per heavy atom. The zero-order valence-electron chi connectivity index (χ0n) is 44.2. The van der Waals surface area contributed by atoms with Gasteiger partial charge in [-0.1, -0.05) is 149 Å². The molecule has 4 aromatic rings. The summed E-state index contributed by atoms with van der Waals surface area (Å²) < 4.78 is 25.6. The first-order chi connectivity index (χ1) is 34.0. The molecule has 2 aliphatic rings. The number of ether oxygens (including phenoxy) is 2. The van der Waals surface area contributed by atoms with Gasteiger partial charge < -0.3 is 36.2 Å². The Bertz CT molecular complexity index is 2200. The van der Waals surface area contributed by atoms with Gasteiger partial charge in [-0.25, -0.2) is 9.59 Å². The maximum absolute atomic E-state index is 13.9. The summed E-state index contributed by atoms with van der Waals surface area (Å²) >= 11 is 3.14. The number of nitrogens with one attached hydrogen (secondary N) is 1. The minimum atomic E-state index is -1.00. The van der Waals surface area contributed by atoms with Crippen molar-refractivity contribution in [3.63, 3.8) is 0 Å². The number of hydrogen-bond donors (Lipinski definition) is 1. The third-order valence-electron chi connectivity index (χ3n) is 11.5. The van der Waals surface area contributed by atoms with Crippen molar-refractivity contribution in [3.8, 4) is 23.7 Å². The van der Waals surface area contributed by atoms with Gasteiger partial charge in [-0.05, 0) is 75.9 Å². The minimum absolute atomic E-state index is 0. The fourth-order valence-electron chi connectivity index (χ4n) is 8.09. The molecular formula is C54H66BrCs2FN4O9. The van der Waals surface area contributed by atoms with E-state index in [1.54, 1.807) is 9.80 Å². The first-order valence-corrected chi connectivity index (χ1v) is 23.4. The fraction of sp³-hybridized carbons (Fsp3) is 0.389. The molecule has 2 fully saturated rings. The number of nitrogens with zero attached hydrogens (tertiary/aromatic N) is 3. The van der Waals surface area contributed by atoms with Crippen LogP contribution in [0.4, 0.5) is 4.39 Å². The predicted octanol–water partition coefficient (Wildman–Crippen LogP) is 0.422. The van der Waals surface area contributed by atoms with Gasteiger partial charge in [-0.2, -0.15) is 0 Å². The van der Waals surface area contributed by atoms with Gasteiger partial charge in [0.15, 0.2) is 0 Å². The number of carbonyl (C=O) groups excluding carboxylic acids is 5. The van der Waals surface area contributed by atoms with E-state index in [1.807, 2.05) is 149 Å². The quantitative estimate of drug-likeness (QED) is 0.0524. The zero-order valence-corrected chi connectivity index (χ0v) is 56.4. The molecular weight excluding hydrogens is 1210 g/mol. The average Bonchev–Trinajstić information content (AvgIpc) is 3.41. The molecule has 0 saturated carbocycles. The summed E-state index contributed by atoms with van der Waals surface area (Å²) in [5, 5.41) is 12.4. The molecule has 17 heteroatoms. The van der Waals surface area contributed by atoms with Crippen LogP contribution >= 0.6 is 15.9 Å². The Balaban J connectivity index is 0. The predicted molar refractivity (Wildman–Crippen MR) is 268 cm³/mol. The fourth-order valence-corrected chi connectivity index (χ4v) is 8.37. The number of amides is 2.